The number of rotatable bonds is 9. The smallest absolute Gasteiger partial charge is 0.273 e. The van der Waals surface area contributed by atoms with Crippen molar-refractivity contribution < 1.29 is 22.8 Å². The molecule has 1 aromatic heterocycles. The molecular formula is C24H36N4O5S. The van der Waals surface area contributed by atoms with E-state index in [9.17, 15) is 13.2 Å². The Morgan fingerprint density at radius 2 is 1.85 bits per heavy atom. The third-order valence-electron chi connectivity index (χ3n) is 9.16. The van der Waals surface area contributed by atoms with Gasteiger partial charge < -0.3 is 20.3 Å². The molecule has 6 rings (SSSR count). The number of aromatic nitrogens is 1. The van der Waals surface area contributed by atoms with Crippen LogP contribution in [0.5, 0.6) is 0 Å². The minimum atomic E-state index is -3.31. The summed E-state index contributed by atoms with van der Waals surface area (Å²) in [6, 6.07) is 2.19. The van der Waals surface area contributed by atoms with Crippen molar-refractivity contribution in [2.75, 3.05) is 26.2 Å². The summed E-state index contributed by atoms with van der Waals surface area (Å²) >= 11 is 0. The molecule has 0 radical (unpaired) electrons. The van der Waals surface area contributed by atoms with Gasteiger partial charge in [0.2, 0.25) is 10.0 Å². The second-order valence-electron chi connectivity index (χ2n) is 11.3. The summed E-state index contributed by atoms with van der Waals surface area (Å²) in [6.45, 7) is 2.13. The number of carbonyl (C=O) groups is 1. The van der Waals surface area contributed by atoms with Crippen molar-refractivity contribution in [1.82, 2.24) is 20.1 Å². The first kappa shape index (κ1) is 22.9. The second kappa shape index (κ2) is 8.57. The van der Waals surface area contributed by atoms with E-state index in [1.165, 1.54) is 0 Å². The largest absolute Gasteiger partial charge is 0.396 e. The van der Waals surface area contributed by atoms with E-state index in [1.54, 1.807) is 10.4 Å². The molecule has 1 aliphatic heterocycles. The quantitative estimate of drug-likeness (QED) is 0.447. The van der Waals surface area contributed by atoms with Gasteiger partial charge in [0.25, 0.3) is 5.91 Å². The van der Waals surface area contributed by atoms with Crippen LogP contribution in [0.3, 0.4) is 0 Å². The Labute approximate surface area is 201 Å². The maximum Gasteiger partial charge on any atom is 0.273 e. The highest BCUT2D eigenvalue weighted by atomic mass is 32.2. The highest BCUT2D eigenvalue weighted by molar-refractivity contribution is 7.90. The summed E-state index contributed by atoms with van der Waals surface area (Å²) in [7, 11) is -3.31. The third kappa shape index (κ3) is 3.72. The molecule has 34 heavy (non-hydrogen) atoms. The first-order chi connectivity index (χ1) is 16.4. The number of aliphatic hydroxyl groups excluding tert-OH is 1. The van der Waals surface area contributed by atoms with Crippen LogP contribution >= 0.6 is 0 Å². The second-order valence-corrected chi connectivity index (χ2v) is 13.5. The van der Waals surface area contributed by atoms with Gasteiger partial charge in [-0.05, 0) is 82.1 Å². The van der Waals surface area contributed by atoms with Gasteiger partial charge in [0.15, 0.2) is 5.69 Å². The lowest BCUT2D eigenvalue weighted by atomic mass is 9.42. The molecule has 3 N–H and O–H groups in total. The number of nitrogens with one attached hydrogen (secondary N) is 2. The Morgan fingerprint density at radius 1 is 1.15 bits per heavy atom. The lowest BCUT2D eigenvalue weighted by Gasteiger charge is -2.70. The number of nitrogens with zero attached hydrogens (tertiary/aromatic N) is 2. The van der Waals surface area contributed by atoms with Crippen molar-refractivity contribution in [3.05, 3.63) is 17.5 Å². The first-order valence-electron chi connectivity index (χ1n) is 13.0. The normalized spacial score (nSPS) is 35.8. The monoisotopic (exact) mass is 492 g/mol. The molecule has 2 heterocycles. The molecule has 9 nitrogen and oxygen atoms in total. The molecule has 4 saturated carbocycles. The first-order valence-corrected chi connectivity index (χ1v) is 14.5. The molecule has 1 aromatic rings. The molecule has 5 atom stereocenters. The fourth-order valence-electron chi connectivity index (χ4n) is 7.37. The molecule has 0 spiro atoms. The van der Waals surface area contributed by atoms with Crippen LogP contribution in [-0.2, 0) is 10.0 Å². The van der Waals surface area contributed by atoms with Crippen LogP contribution in [0.1, 0.15) is 80.0 Å². The van der Waals surface area contributed by atoms with Crippen LogP contribution in [0.25, 0.3) is 0 Å². The molecule has 0 bridgehead atoms. The van der Waals surface area contributed by atoms with Crippen LogP contribution in [0.4, 0.5) is 0 Å². The van der Waals surface area contributed by atoms with E-state index in [0.29, 0.717) is 42.6 Å². The van der Waals surface area contributed by atoms with E-state index in [2.05, 4.69) is 15.8 Å². The summed E-state index contributed by atoms with van der Waals surface area (Å²) < 4.78 is 33.8. The van der Waals surface area contributed by atoms with Crippen molar-refractivity contribution in [2.45, 2.75) is 80.5 Å². The molecular weight excluding hydrogens is 456 g/mol. The van der Waals surface area contributed by atoms with Gasteiger partial charge in [0.05, 0.1) is 4.75 Å². The molecule has 0 aromatic carbocycles. The van der Waals surface area contributed by atoms with E-state index < -0.39 is 14.8 Å². The highest BCUT2D eigenvalue weighted by Gasteiger charge is 2.73. The Hall–Kier alpha value is -1.49. The van der Waals surface area contributed by atoms with Crippen LogP contribution < -0.4 is 10.6 Å². The third-order valence-corrected chi connectivity index (χ3v) is 11.8. The van der Waals surface area contributed by atoms with Crippen molar-refractivity contribution in [2.24, 2.45) is 17.8 Å². The fourth-order valence-corrected chi connectivity index (χ4v) is 10.2. The van der Waals surface area contributed by atoms with E-state index in [0.717, 1.165) is 70.1 Å². The van der Waals surface area contributed by atoms with E-state index in [4.69, 9.17) is 9.63 Å². The summed E-state index contributed by atoms with van der Waals surface area (Å²) in [5.41, 5.74) is 0.359. The number of carbonyl (C=O) groups excluding carboxylic acids is 1. The van der Waals surface area contributed by atoms with Crippen molar-refractivity contribution in [1.29, 1.82) is 0 Å². The molecule has 1 saturated heterocycles. The van der Waals surface area contributed by atoms with Gasteiger partial charge in [0, 0.05) is 43.8 Å². The van der Waals surface area contributed by atoms with Gasteiger partial charge in [0.1, 0.15) is 5.76 Å². The van der Waals surface area contributed by atoms with Gasteiger partial charge in [-0.1, -0.05) is 5.16 Å². The maximum atomic E-state index is 13.6. The Bertz CT molecular complexity index is 1010. The van der Waals surface area contributed by atoms with E-state index >= 15 is 0 Å². The lowest BCUT2D eigenvalue weighted by molar-refractivity contribution is -0.108. The molecule has 2 unspecified atom stereocenters. The van der Waals surface area contributed by atoms with Gasteiger partial charge in [-0.3, -0.25) is 4.79 Å². The number of sulfonamides is 1. The fraction of sp³-hybridized carbons (Fsp3) is 0.833. The molecule has 188 valence electrons. The number of amides is 1. The molecule has 4 aliphatic carbocycles. The van der Waals surface area contributed by atoms with Crippen LogP contribution in [0.2, 0.25) is 0 Å². The van der Waals surface area contributed by atoms with E-state index in [-0.39, 0.29) is 24.5 Å². The highest BCUT2D eigenvalue weighted by Crippen LogP contribution is 2.69. The Balaban J connectivity index is 1.03. The zero-order valence-electron chi connectivity index (χ0n) is 19.6. The van der Waals surface area contributed by atoms with Gasteiger partial charge in [-0.25, -0.2) is 12.7 Å². The van der Waals surface area contributed by atoms with Gasteiger partial charge >= 0.3 is 0 Å². The van der Waals surface area contributed by atoms with Gasteiger partial charge in [-0.15, -0.1) is 0 Å². The van der Waals surface area contributed by atoms with Crippen LogP contribution in [0.15, 0.2) is 10.6 Å². The van der Waals surface area contributed by atoms with Crippen molar-refractivity contribution in [3.8, 4) is 0 Å². The minimum absolute atomic E-state index is 0.0848. The van der Waals surface area contributed by atoms with Gasteiger partial charge in [-0.2, -0.15) is 0 Å². The predicted molar refractivity (Wildman–Crippen MR) is 125 cm³/mol. The maximum absolute atomic E-state index is 13.6. The number of piperidine rings is 1. The molecule has 1 amide bonds. The summed E-state index contributed by atoms with van der Waals surface area (Å²) in [5, 5.41) is 19.5. The lowest BCUT2D eigenvalue weighted by Crippen LogP contribution is -2.75. The summed E-state index contributed by atoms with van der Waals surface area (Å²) in [6.07, 6.45) is 7.77. The molecule has 5 fully saturated rings. The minimum Gasteiger partial charge on any atom is -0.396 e. The summed E-state index contributed by atoms with van der Waals surface area (Å²) in [5.74, 6) is 2.07. The van der Waals surface area contributed by atoms with E-state index in [1.807, 2.05) is 0 Å². The average molecular weight is 493 g/mol. The molecule has 5 aliphatic rings. The number of aliphatic hydroxyl groups is 1. The Kier molecular flexibility index (Phi) is 5.78. The molecule has 10 heteroatoms. The van der Waals surface area contributed by atoms with Crippen LogP contribution in [0, 0.1) is 17.8 Å². The van der Waals surface area contributed by atoms with Crippen LogP contribution in [-0.4, -0.2) is 72.0 Å². The SMILES string of the molecule is O=C(N[C@@H]1C[C@@H]2CC3(S(=O)(=O)N4CCC(NCCCO)CC4)C[C@H](C1)C23)c1cc(C2CC2)on1. The zero-order valence-corrected chi connectivity index (χ0v) is 20.4. The predicted octanol–water partition coefficient (Wildman–Crippen LogP) is 1.61. The number of hydrogen-bond acceptors (Lipinski definition) is 7. The van der Waals surface area contributed by atoms with Crippen molar-refractivity contribution in [3.63, 3.8) is 0 Å². The summed E-state index contributed by atoms with van der Waals surface area (Å²) in [4.78, 5) is 12.7. The van der Waals surface area contributed by atoms with Crippen molar-refractivity contribution >= 4 is 15.9 Å². The standard InChI is InChI=1S/C24H36N4O5S/c29-9-1-6-25-18-4-7-28(8-5-18)34(31,32)24-13-16-10-19(11-17(14-24)22(16)24)26-23(30)20-12-21(33-27-20)15-2-3-15/h12,15-19,22,25,29H,1-11,13-14H2,(H,26,30)/t16-,17+,19-,22?,24?. The zero-order chi connectivity index (χ0) is 23.5. The average Bonchev–Trinajstić information content (AvgIpc) is 3.52. The number of hydrogen-bond donors (Lipinski definition) is 3. The Morgan fingerprint density at radius 3 is 2.50 bits per heavy atom. The topological polar surface area (TPSA) is 125 Å².